The zero-order chi connectivity index (χ0) is 16.8. The van der Waals surface area contributed by atoms with Crippen LogP contribution in [0.3, 0.4) is 0 Å². The van der Waals surface area contributed by atoms with Crippen LogP contribution in [0.25, 0.3) is 0 Å². The van der Waals surface area contributed by atoms with Crippen LogP contribution < -0.4 is 10.6 Å². The quantitative estimate of drug-likeness (QED) is 0.751. The number of halogens is 2. The third-order valence-electron chi connectivity index (χ3n) is 2.99. The summed E-state index contributed by atoms with van der Waals surface area (Å²) in [5.41, 5.74) is 1.06. The fraction of sp³-hybridized carbons (Fsp3) is 0.125. The first-order valence-electron chi connectivity index (χ1n) is 6.78. The summed E-state index contributed by atoms with van der Waals surface area (Å²) in [6.45, 7) is 0.236. The number of phenols is 1. The molecule has 7 heteroatoms. The molecule has 120 valence electrons. The summed E-state index contributed by atoms with van der Waals surface area (Å²) >= 11 is 5.59. The maximum Gasteiger partial charge on any atom is 0.313 e. The van der Waals surface area contributed by atoms with Crippen LogP contribution in [0.4, 0.5) is 10.1 Å². The third-order valence-corrected chi connectivity index (χ3v) is 3.28. The summed E-state index contributed by atoms with van der Waals surface area (Å²) < 4.78 is 13.0. The molecule has 5 nitrogen and oxygen atoms in total. The molecule has 0 radical (unpaired) electrons. The molecule has 2 rings (SSSR count). The lowest BCUT2D eigenvalue weighted by Crippen LogP contribution is -2.36. The zero-order valence-corrected chi connectivity index (χ0v) is 12.7. The highest BCUT2D eigenvalue weighted by Crippen LogP contribution is 2.19. The maximum atomic E-state index is 13.0. The van der Waals surface area contributed by atoms with Gasteiger partial charge in [-0.15, -0.1) is 0 Å². The Hall–Kier alpha value is -2.60. The molecule has 0 saturated carbocycles. The van der Waals surface area contributed by atoms with E-state index in [4.69, 9.17) is 11.6 Å². The van der Waals surface area contributed by atoms with Gasteiger partial charge in [0.05, 0.1) is 5.02 Å². The minimum Gasteiger partial charge on any atom is -0.508 e. The first kappa shape index (κ1) is 16.8. The second-order valence-corrected chi connectivity index (χ2v) is 5.17. The lowest BCUT2D eigenvalue weighted by atomic mass is 10.1. The Kier molecular flexibility index (Phi) is 5.54. The number of rotatable bonds is 4. The highest BCUT2D eigenvalue weighted by atomic mass is 35.5. The minimum atomic E-state index is -0.872. The van der Waals surface area contributed by atoms with Gasteiger partial charge in [0, 0.05) is 12.2 Å². The number of hydrogen-bond donors (Lipinski definition) is 3. The van der Waals surface area contributed by atoms with E-state index < -0.39 is 17.6 Å². The van der Waals surface area contributed by atoms with E-state index in [-0.39, 0.29) is 23.0 Å². The number of anilines is 1. The van der Waals surface area contributed by atoms with E-state index >= 15 is 0 Å². The topological polar surface area (TPSA) is 78.4 Å². The molecule has 3 N–H and O–H groups in total. The molecule has 0 atom stereocenters. The van der Waals surface area contributed by atoms with Gasteiger partial charge in [0.15, 0.2) is 0 Å². The van der Waals surface area contributed by atoms with Crippen molar-refractivity contribution in [3.63, 3.8) is 0 Å². The van der Waals surface area contributed by atoms with E-state index in [9.17, 15) is 19.1 Å². The van der Waals surface area contributed by atoms with Gasteiger partial charge in [-0.25, -0.2) is 4.39 Å². The molecular formula is C16H14ClFN2O3. The smallest absolute Gasteiger partial charge is 0.313 e. The van der Waals surface area contributed by atoms with E-state index in [0.29, 0.717) is 6.42 Å². The number of carbonyl (C=O) groups is 2. The SMILES string of the molecule is O=C(NCCc1cccc(O)c1)C(=O)Nc1ccc(F)c(Cl)c1. The summed E-state index contributed by atoms with van der Waals surface area (Å²) in [7, 11) is 0. The van der Waals surface area contributed by atoms with Gasteiger partial charge in [-0.2, -0.15) is 0 Å². The second-order valence-electron chi connectivity index (χ2n) is 4.76. The van der Waals surface area contributed by atoms with Crippen molar-refractivity contribution in [3.8, 4) is 5.75 Å². The Morgan fingerprint density at radius 2 is 1.91 bits per heavy atom. The first-order chi connectivity index (χ1) is 11.0. The lowest BCUT2D eigenvalue weighted by molar-refractivity contribution is -0.136. The van der Waals surface area contributed by atoms with Crippen LogP contribution in [0.2, 0.25) is 5.02 Å². The molecule has 2 aromatic rings. The normalized spacial score (nSPS) is 10.2. The number of carbonyl (C=O) groups excluding carboxylic acids is 2. The summed E-state index contributed by atoms with van der Waals surface area (Å²) in [6.07, 6.45) is 0.468. The van der Waals surface area contributed by atoms with Crippen molar-refractivity contribution in [2.24, 2.45) is 0 Å². The van der Waals surface area contributed by atoms with E-state index in [1.165, 1.54) is 12.1 Å². The molecule has 0 spiro atoms. The molecule has 2 amide bonds. The molecule has 2 aromatic carbocycles. The molecule has 23 heavy (non-hydrogen) atoms. The fourth-order valence-corrected chi connectivity index (χ4v) is 2.05. The Balaban J connectivity index is 1.83. The van der Waals surface area contributed by atoms with Gasteiger partial charge < -0.3 is 15.7 Å². The zero-order valence-electron chi connectivity index (χ0n) is 12.0. The van der Waals surface area contributed by atoms with Crippen molar-refractivity contribution < 1.29 is 19.1 Å². The number of benzene rings is 2. The fourth-order valence-electron chi connectivity index (χ4n) is 1.87. The lowest BCUT2D eigenvalue weighted by Gasteiger charge is -2.07. The number of phenolic OH excluding ortho intramolecular Hbond substituents is 1. The molecule has 0 saturated heterocycles. The summed E-state index contributed by atoms with van der Waals surface area (Å²) in [5.74, 6) is -2.16. The molecule has 0 aliphatic carbocycles. The van der Waals surface area contributed by atoms with Gasteiger partial charge in [-0.1, -0.05) is 23.7 Å². The average Bonchev–Trinajstić information content (AvgIpc) is 2.51. The number of aromatic hydroxyl groups is 1. The van der Waals surface area contributed by atoms with Gasteiger partial charge in [0.1, 0.15) is 11.6 Å². The summed E-state index contributed by atoms with van der Waals surface area (Å²) in [6, 6.07) is 10.2. The Labute approximate surface area is 137 Å². The Bertz CT molecular complexity index is 737. The second kappa shape index (κ2) is 7.60. The predicted molar refractivity (Wildman–Crippen MR) is 84.9 cm³/mol. The van der Waals surface area contributed by atoms with Crippen molar-refractivity contribution in [2.45, 2.75) is 6.42 Å². The van der Waals surface area contributed by atoms with Gasteiger partial charge >= 0.3 is 11.8 Å². The highest BCUT2D eigenvalue weighted by Gasteiger charge is 2.13. The van der Waals surface area contributed by atoms with Crippen LogP contribution in [0, 0.1) is 5.82 Å². The molecule has 0 bridgehead atoms. The van der Waals surface area contributed by atoms with E-state index in [2.05, 4.69) is 10.6 Å². The van der Waals surface area contributed by atoms with Crippen molar-refractivity contribution in [3.05, 3.63) is 58.9 Å². The monoisotopic (exact) mass is 336 g/mol. The van der Waals surface area contributed by atoms with Crippen LogP contribution in [-0.2, 0) is 16.0 Å². The maximum absolute atomic E-state index is 13.0. The molecule has 0 fully saturated rings. The molecule has 0 unspecified atom stereocenters. The minimum absolute atomic E-state index is 0.139. The molecule has 0 aliphatic rings. The molecular weight excluding hydrogens is 323 g/mol. The van der Waals surface area contributed by atoms with Crippen LogP contribution in [0.1, 0.15) is 5.56 Å². The van der Waals surface area contributed by atoms with Crippen molar-refractivity contribution >= 4 is 29.1 Å². The van der Waals surface area contributed by atoms with Crippen molar-refractivity contribution in [1.29, 1.82) is 0 Å². The van der Waals surface area contributed by atoms with E-state index in [1.807, 2.05) is 0 Å². The van der Waals surface area contributed by atoms with E-state index in [0.717, 1.165) is 11.6 Å². The molecule has 0 aromatic heterocycles. The number of nitrogens with one attached hydrogen (secondary N) is 2. The van der Waals surface area contributed by atoms with Crippen LogP contribution in [0.5, 0.6) is 5.75 Å². The van der Waals surface area contributed by atoms with Gasteiger partial charge in [-0.05, 0) is 42.3 Å². The van der Waals surface area contributed by atoms with Crippen molar-refractivity contribution in [1.82, 2.24) is 5.32 Å². The van der Waals surface area contributed by atoms with Crippen LogP contribution in [-0.4, -0.2) is 23.5 Å². The standard InChI is InChI=1S/C16H14ClFN2O3/c17-13-9-11(4-5-14(13)18)20-16(23)15(22)19-7-6-10-2-1-3-12(21)8-10/h1-5,8-9,21H,6-7H2,(H,19,22)(H,20,23). The average molecular weight is 337 g/mol. The highest BCUT2D eigenvalue weighted by molar-refractivity contribution is 6.39. The van der Waals surface area contributed by atoms with Gasteiger partial charge in [0.2, 0.25) is 0 Å². The van der Waals surface area contributed by atoms with Crippen molar-refractivity contribution in [2.75, 3.05) is 11.9 Å². The van der Waals surface area contributed by atoms with Crippen LogP contribution in [0.15, 0.2) is 42.5 Å². The number of hydrogen-bond acceptors (Lipinski definition) is 3. The largest absolute Gasteiger partial charge is 0.508 e. The Morgan fingerprint density at radius 1 is 1.13 bits per heavy atom. The Morgan fingerprint density at radius 3 is 2.61 bits per heavy atom. The van der Waals surface area contributed by atoms with E-state index in [1.54, 1.807) is 24.3 Å². The number of amides is 2. The first-order valence-corrected chi connectivity index (χ1v) is 7.15. The molecule has 0 aliphatic heterocycles. The summed E-state index contributed by atoms with van der Waals surface area (Å²) in [5, 5.41) is 14.0. The third kappa shape index (κ3) is 4.96. The van der Waals surface area contributed by atoms with Crippen LogP contribution >= 0.6 is 11.6 Å². The predicted octanol–water partition coefficient (Wildman–Crippen LogP) is 2.48. The molecule has 0 heterocycles. The van der Waals surface area contributed by atoms with Gasteiger partial charge in [-0.3, -0.25) is 9.59 Å². The summed E-state index contributed by atoms with van der Waals surface area (Å²) in [4.78, 5) is 23.4. The van der Waals surface area contributed by atoms with Gasteiger partial charge in [0.25, 0.3) is 0 Å².